The molecule has 0 N–H and O–H groups in total. The van der Waals surface area contributed by atoms with Crippen LogP contribution in [0.4, 0.5) is 13.2 Å². The van der Waals surface area contributed by atoms with Crippen LogP contribution in [0, 0.1) is 11.8 Å². The molecule has 0 bridgehead atoms. The molecule has 0 rings (SSSR count). The Morgan fingerprint density at radius 3 is 2.07 bits per heavy atom. The molecular weight excluding hydrogens is 197 g/mol. The van der Waals surface area contributed by atoms with Gasteiger partial charge in [-0.25, -0.2) is 4.79 Å². The predicted octanol–water partition coefficient (Wildman–Crippen LogP) is 2.90. The van der Waals surface area contributed by atoms with Crippen LogP contribution in [0.5, 0.6) is 0 Å². The van der Waals surface area contributed by atoms with Gasteiger partial charge in [-0.05, 0) is 11.8 Å². The molecule has 0 heterocycles. The zero-order valence-electron chi connectivity index (χ0n) is 8.31. The van der Waals surface area contributed by atoms with Gasteiger partial charge in [0.2, 0.25) is 0 Å². The minimum Gasteiger partial charge on any atom is -0.460 e. The molecule has 0 aromatic rings. The first-order valence-corrected chi connectivity index (χ1v) is 4.24. The van der Waals surface area contributed by atoms with Gasteiger partial charge in [-0.15, -0.1) is 0 Å². The minimum absolute atomic E-state index is 0.00872. The normalized spacial score (nSPS) is 12.5. The van der Waals surface area contributed by atoms with E-state index in [-0.39, 0.29) is 18.4 Å². The van der Waals surface area contributed by atoms with Crippen LogP contribution in [0.3, 0.4) is 0 Å². The largest absolute Gasteiger partial charge is 0.460 e. The Balaban J connectivity index is 4.05. The highest BCUT2D eigenvalue weighted by atomic mass is 19.3. The lowest BCUT2D eigenvalue weighted by atomic mass is 9.99. The van der Waals surface area contributed by atoms with Gasteiger partial charge in [0, 0.05) is 0 Å². The molecule has 0 radical (unpaired) electrons. The fourth-order valence-corrected chi connectivity index (χ4v) is 0.540. The van der Waals surface area contributed by atoms with Crippen LogP contribution >= 0.6 is 0 Å². The average Bonchev–Trinajstić information content (AvgIpc) is 2.11. The van der Waals surface area contributed by atoms with Crippen LogP contribution in [-0.4, -0.2) is 12.6 Å². The maximum Gasteiger partial charge on any atom is 0.372 e. The summed E-state index contributed by atoms with van der Waals surface area (Å²) in [6.45, 7) is 5.50. The third-order valence-electron chi connectivity index (χ3n) is 1.96. The Bertz CT molecular complexity index is 232. The lowest BCUT2D eigenvalue weighted by Crippen LogP contribution is -2.16. The zero-order chi connectivity index (χ0) is 11.3. The lowest BCUT2D eigenvalue weighted by Gasteiger charge is -2.14. The van der Waals surface area contributed by atoms with E-state index in [1.54, 1.807) is 6.92 Å². The molecule has 14 heavy (non-hydrogen) atoms. The second-order valence-corrected chi connectivity index (χ2v) is 3.39. The Morgan fingerprint density at radius 2 is 1.71 bits per heavy atom. The third-order valence-corrected chi connectivity index (χ3v) is 1.96. The topological polar surface area (TPSA) is 26.3 Å². The molecule has 0 aliphatic rings. The van der Waals surface area contributed by atoms with Gasteiger partial charge in [-0.2, -0.15) is 13.2 Å². The fourth-order valence-electron chi connectivity index (χ4n) is 0.540. The van der Waals surface area contributed by atoms with Crippen LogP contribution in [0.1, 0.15) is 20.8 Å². The maximum absolute atomic E-state index is 12.2. The molecule has 0 fully saturated rings. The second-order valence-electron chi connectivity index (χ2n) is 3.39. The molecule has 0 aromatic heterocycles. The van der Waals surface area contributed by atoms with Crippen LogP contribution in [0.15, 0.2) is 11.9 Å². The summed E-state index contributed by atoms with van der Waals surface area (Å²) in [6, 6.07) is 0. The molecule has 0 aromatic carbocycles. The van der Waals surface area contributed by atoms with Crippen molar-refractivity contribution in [3.05, 3.63) is 11.9 Å². The third kappa shape index (κ3) is 4.30. The highest BCUT2D eigenvalue weighted by Crippen LogP contribution is 2.14. The van der Waals surface area contributed by atoms with Crippen LogP contribution < -0.4 is 0 Å². The smallest absolute Gasteiger partial charge is 0.372 e. The van der Waals surface area contributed by atoms with E-state index >= 15 is 0 Å². The van der Waals surface area contributed by atoms with Crippen molar-refractivity contribution in [3.63, 3.8) is 0 Å². The van der Waals surface area contributed by atoms with Gasteiger partial charge in [0.25, 0.3) is 5.83 Å². The quantitative estimate of drug-likeness (QED) is 0.526. The van der Waals surface area contributed by atoms with E-state index < -0.39 is 17.9 Å². The first-order valence-electron chi connectivity index (χ1n) is 4.24. The fraction of sp³-hybridized carbons (Fsp3) is 0.667. The number of esters is 1. The number of hydrogen-bond donors (Lipinski definition) is 0. The standard InChI is InChI=1S/C9H13F3O2/c1-5(2)6(3)4-14-9(13)7(10)8(11)12/h5-6H,4H2,1-3H3. The first kappa shape index (κ1) is 13.0. The first-order chi connectivity index (χ1) is 6.36. The van der Waals surface area contributed by atoms with Gasteiger partial charge in [-0.3, -0.25) is 0 Å². The number of ether oxygens (including phenoxy) is 1. The van der Waals surface area contributed by atoms with Gasteiger partial charge in [0.05, 0.1) is 6.61 Å². The highest BCUT2D eigenvalue weighted by molar-refractivity contribution is 5.86. The van der Waals surface area contributed by atoms with E-state index in [0.29, 0.717) is 0 Å². The van der Waals surface area contributed by atoms with Gasteiger partial charge in [0.15, 0.2) is 0 Å². The Labute approximate surface area is 80.7 Å². The van der Waals surface area contributed by atoms with E-state index in [0.717, 1.165) is 0 Å². The zero-order valence-corrected chi connectivity index (χ0v) is 8.31. The molecule has 0 saturated heterocycles. The minimum atomic E-state index is -2.65. The van der Waals surface area contributed by atoms with Crippen molar-refractivity contribution < 1.29 is 22.7 Å². The van der Waals surface area contributed by atoms with Crippen molar-refractivity contribution in [2.75, 3.05) is 6.61 Å². The van der Waals surface area contributed by atoms with Crippen LogP contribution in [-0.2, 0) is 9.53 Å². The Morgan fingerprint density at radius 1 is 1.21 bits per heavy atom. The number of rotatable bonds is 4. The molecule has 2 nitrogen and oxygen atoms in total. The van der Waals surface area contributed by atoms with E-state index in [1.165, 1.54) is 0 Å². The molecule has 1 atom stereocenters. The highest BCUT2D eigenvalue weighted by Gasteiger charge is 2.19. The van der Waals surface area contributed by atoms with E-state index in [1.807, 2.05) is 13.8 Å². The van der Waals surface area contributed by atoms with Crippen molar-refractivity contribution in [2.45, 2.75) is 20.8 Å². The summed E-state index contributed by atoms with van der Waals surface area (Å²) < 4.78 is 39.7. The molecule has 0 aliphatic heterocycles. The second kappa shape index (κ2) is 5.67. The van der Waals surface area contributed by atoms with Crippen molar-refractivity contribution in [2.24, 2.45) is 11.8 Å². The molecular formula is C9H13F3O2. The van der Waals surface area contributed by atoms with Crippen molar-refractivity contribution in [1.82, 2.24) is 0 Å². The van der Waals surface area contributed by atoms with Gasteiger partial charge in [0.1, 0.15) is 0 Å². The number of carbonyl (C=O) groups excluding carboxylic acids is 1. The van der Waals surface area contributed by atoms with Gasteiger partial charge < -0.3 is 4.74 Å². The van der Waals surface area contributed by atoms with E-state index in [4.69, 9.17) is 0 Å². The van der Waals surface area contributed by atoms with E-state index in [9.17, 15) is 18.0 Å². The Hall–Kier alpha value is -1.00. The summed E-state index contributed by atoms with van der Waals surface area (Å²) in [6.07, 6.45) is -2.65. The average molecular weight is 210 g/mol. The van der Waals surface area contributed by atoms with Crippen molar-refractivity contribution >= 4 is 5.97 Å². The van der Waals surface area contributed by atoms with E-state index in [2.05, 4.69) is 4.74 Å². The monoisotopic (exact) mass is 210 g/mol. The van der Waals surface area contributed by atoms with Crippen molar-refractivity contribution in [3.8, 4) is 0 Å². The van der Waals surface area contributed by atoms with Crippen LogP contribution in [0.25, 0.3) is 0 Å². The maximum atomic E-state index is 12.2. The lowest BCUT2D eigenvalue weighted by molar-refractivity contribution is -0.142. The summed E-state index contributed by atoms with van der Waals surface area (Å²) in [5, 5.41) is 0. The summed E-state index contributed by atoms with van der Waals surface area (Å²) in [5.74, 6) is -3.46. The number of halogens is 3. The molecule has 0 aliphatic carbocycles. The molecule has 1 unspecified atom stereocenters. The van der Waals surface area contributed by atoms with Gasteiger partial charge in [-0.1, -0.05) is 20.8 Å². The molecule has 0 spiro atoms. The van der Waals surface area contributed by atoms with Gasteiger partial charge >= 0.3 is 12.0 Å². The molecule has 82 valence electrons. The molecule has 5 heteroatoms. The Kier molecular flexibility index (Phi) is 5.27. The summed E-state index contributed by atoms with van der Waals surface area (Å²) in [4.78, 5) is 10.6. The number of carbonyl (C=O) groups is 1. The molecule has 0 saturated carbocycles. The number of hydrogen-bond acceptors (Lipinski definition) is 2. The SMILES string of the molecule is CC(C)C(C)COC(=O)C(F)=C(F)F. The predicted molar refractivity (Wildman–Crippen MR) is 45.3 cm³/mol. The van der Waals surface area contributed by atoms with Crippen molar-refractivity contribution in [1.29, 1.82) is 0 Å². The van der Waals surface area contributed by atoms with Crippen LogP contribution in [0.2, 0.25) is 0 Å². The summed E-state index contributed by atoms with van der Waals surface area (Å²) in [7, 11) is 0. The molecule has 0 amide bonds. The summed E-state index contributed by atoms with van der Waals surface area (Å²) in [5.41, 5.74) is 0. The summed E-state index contributed by atoms with van der Waals surface area (Å²) >= 11 is 0.